The van der Waals surface area contributed by atoms with Crippen molar-refractivity contribution in [2.75, 3.05) is 56.3 Å². The van der Waals surface area contributed by atoms with Gasteiger partial charge in [0.15, 0.2) is 9.84 Å². The molecule has 254 valence electrons. The molecule has 2 aliphatic heterocycles. The highest BCUT2D eigenvalue weighted by Crippen LogP contribution is 2.40. The highest BCUT2D eigenvalue weighted by molar-refractivity contribution is 7.91. The van der Waals surface area contributed by atoms with Gasteiger partial charge >= 0.3 is 6.18 Å². The molecule has 1 spiro atoms. The van der Waals surface area contributed by atoms with Crippen molar-refractivity contribution in [2.24, 2.45) is 5.41 Å². The summed E-state index contributed by atoms with van der Waals surface area (Å²) in [6, 6.07) is 12.6. The highest BCUT2D eigenvalue weighted by atomic mass is 32.2. The molecule has 2 saturated heterocycles. The fraction of sp³-hybridized carbons (Fsp3) is 0.543. The van der Waals surface area contributed by atoms with Gasteiger partial charge < -0.3 is 29.6 Å². The smallest absolute Gasteiger partial charge is 0.406 e. The Morgan fingerprint density at radius 3 is 2.43 bits per heavy atom. The third-order valence-electron chi connectivity index (χ3n) is 10.0. The Kier molecular flexibility index (Phi) is 9.70. The van der Waals surface area contributed by atoms with Gasteiger partial charge in [-0.15, -0.1) is 0 Å². The molecule has 3 aromatic rings. The molecular formula is C35H43F3N4O4S. The van der Waals surface area contributed by atoms with Gasteiger partial charge in [0.2, 0.25) is 0 Å². The summed E-state index contributed by atoms with van der Waals surface area (Å²) in [5.74, 6) is 6.18. The van der Waals surface area contributed by atoms with Crippen molar-refractivity contribution in [3.63, 3.8) is 0 Å². The van der Waals surface area contributed by atoms with Crippen LogP contribution < -0.4 is 15.4 Å². The van der Waals surface area contributed by atoms with Crippen molar-refractivity contribution in [1.29, 1.82) is 0 Å². The van der Waals surface area contributed by atoms with Crippen LogP contribution in [0.4, 0.5) is 24.5 Å². The molecule has 0 unspecified atom stereocenters. The average molecular weight is 673 g/mol. The number of alkyl halides is 3. The molecule has 2 N–H and O–H groups in total. The zero-order valence-electron chi connectivity index (χ0n) is 27.0. The molecule has 6 rings (SSSR count). The third kappa shape index (κ3) is 7.53. The molecule has 47 heavy (non-hydrogen) atoms. The Morgan fingerprint density at radius 2 is 1.79 bits per heavy atom. The number of benzene rings is 2. The molecule has 0 amide bonds. The van der Waals surface area contributed by atoms with Crippen molar-refractivity contribution in [3.8, 4) is 17.6 Å². The topological polar surface area (TPSA) is 84.8 Å². The number of piperidine rings is 1. The van der Waals surface area contributed by atoms with E-state index in [0.717, 1.165) is 63.1 Å². The van der Waals surface area contributed by atoms with E-state index in [4.69, 9.17) is 9.47 Å². The van der Waals surface area contributed by atoms with Crippen molar-refractivity contribution in [2.45, 2.75) is 75.1 Å². The second-order valence-electron chi connectivity index (χ2n) is 13.1. The zero-order chi connectivity index (χ0) is 33.2. The van der Waals surface area contributed by atoms with Gasteiger partial charge in [0, 0.05) is 34.6 Å². The molecule has 3 aliphatic rings. The molecule has 1 saturated carbocycles. The summed E-state index contributed by atoms with van der Waals surface area (Å²) in [4.78, 5) is 2.81. The molecule has 8 nitrogen and oxygen atoms in total. The van der Waals surface area contributed by atoms with Crippen LogP contribution in [-0.2, 0) is 21.1 Å². The number of nitrogens with one attached hydrogen (secondary N) is 2. The van der Waals surface area contributed by atoms with E-state index >= 15 is 0 Å². The number of sulfone groups is 1. The lowest BCUT2D eigenvalue weighted by Crippen LogP contribution is -2.53. The molecule has 3 fully saturated rings. The quantitative estimate of drug-likeness (QED) is 0.258. The van der Waals surface area contributed by atoms with Crippen LogP contribution in [-0.4, -0.2) is 81.9 Å². The molecule has 2 aromatic carbocycles. The lowest BCUT2D eigenvalue weighted by atomic mass is 9.76. The fourth-order valence-corrected chi connectivity index (χ4v) is 8.06. The van der Waals surface area contributed by atoms with Crippen molar-refractivity contribution in [3.05, 3.63) is 48.2 Å². The maximum Gasteiger partial charge on any atom is 0.406 e. The molecule has 3 heterocycles. The number of aromatic nitrogens is 1. The number of hydrogen-bond donors (Lipinski definition) is 2. The van der Waals surface area contributed by atoms with Crippen molar-refractivity contribution >= 4 is 32.1 Å². The van der Waals surface area contributed by atoms with Gasteiger partial charge in [-0.1, -0.05) is 18.9 Å². The highest BCUT2D eigenvalue weighted by Gasteiger charge is 2.42. The zero-order valence-corrected chi connectivity index (χ0v) is 27.8. The monoisotopic (exact) mass is 672 g/mol. The first kappa shape index (κ1) is 33.5. The van der Waals surface area contributed by atoms with E-state index in [1.807, 2.05) is 6.07 Å². The fourth-order valence-electron chi connectivity index (χ4n) is 7.16. The SMILES string of the molecule is CCS(=O)(=O)c1ccc(NCC#Cc2cc3c(N[C@H]4CC[C@@H](N5CCC6(CC5)COC6)CC4)cccc3n2CC(F)(F)F)c(OC)c1. The minimum absolute atomic E-state index is 0.0331. The summed E-state index contributed by atoms with van der Waals surface area (Å²) in [7, 11) is -1.97. The summed E-state index contributed by atoms with van der Waals surface area (Å²) in [5, 5.41) is 7.46. The van der Waals surface area contributed by atoms with E-state index in [2.05, 4.69) is 27.4 Å². The van der Waals surface area contributed by atoms with E-state index in [0.29, 0.717) is 28.4 Å². The second kappa shape index (κ2) is 13.6. The number of rotatable bonds is 9. The van der Waals surface area contributed by atoms with Crippen LogP contribution >= 0.6 is 0 Å². The largest absolute Gasteiger partial charge is 0.495 e. The van der Waals surface area contributed by atoms with Crippen LogP contribution in [0.2, 0.25) is 0 Å². The van der Waals surface area contributed by atoms with E-state index < -0.39 is 22.6 Å². The lowest BCUT2D eigenvalue weighted by Gasteiger charge is -2.49. The van der Waals surface area contributed by atoms with E-state index in [-0.39, 0.29) is 28.9 Å². The minimum Gasteiger partial charge on any atom is -0.495 e. The van der Waals surface area contributed by atoms with Crippen LogP contribution in [0.3, 0.4) is 0 Å². The number of anilines is 2. The number of ether oxygens (including phenoxy) is 2. The van der Waals surface area contributed by atoms with E-state index in [1.54, 1.807) is 31.2 Å². The van der Waals surface area contributed by atoms with Gasteiger partial charge in [0.25, 0.3) is 0 Å². The predicted octanol–water partition coefficient (Wildman–Crippen LogP) is 6.30. The Morgan fingerprint density at radius 1 is 1.04 bits per heavy atom. The third-order valence-corrected chi connectivity index (χ3v) is 11.8. The number of fused-ring (bicyclic) bond motifs is 1. The van der Waals surface area contributed by atoms with Gasteiger partial charge in [0.1, 0.15) is 12.3 Å². The number of nitrogens with zero attached hydrogens (tertiary/aromatic N) is 2. The first-order chi connectivity index (χ1) is 22.5. The summed E-state index contributed by atoms with van der Waals surface area (Å²) in [6.45, 7) is 4.65. The van der Waals surface area contributed by atoms with Gasteiger partial charge in [-0.05, 0) is 87.9 Å². The summed E-state index contributed by atoms with van der Waals surface area (Å²) in [5.41, 5.74) is 2.54. The number of likely N-dealkylation sites (tertiary alicyclic amines) is 1. The second-order valence-corrected chi connectivity index (χ2v) is 15.3. The Labute approximate surface area is 274 Å². The number of methoxy groups -OCH3 is 1. The first-order valence-electron chi connectivity index (χ1n) is 16.4. The number of hydrogen-bond acceptors (Lipinski definition) is 7. The maximum absolute atomic E-state index is 13.7. The van der Waals surface area contributed by atoms with E-state index in [1.165, 1.54) is 36.7 Å². The number of halogens is 3. The van der Waals surface area contributed by atoms with Crippen molar-refractivity contribution in [1.82, 2.24) is 9.47 Å². The molecule has 12 heteroatoms. The minimum atomic E-state index is -4.42. The van der Waals surface area contributed by atoms with Crippen LogP contribution in [0.15, 0.2) is 47.4 Å². The van der Waals surface area contributed by atoms with E-state index in [9.17, 15) is 21.6 Å². The summed E-state index contributed by atoms with van der Waals surface area (Å²) >= 11 is 0. The molecule has 1 aromatic heterocycles. The van der Waals surface area contributed by atoms with Crippen LogP contribution in [0.1, 0.15) is 51.1 Å². The van der Waals surface area contributed by atoms with Gasteiger partial charge in [0.05, 0.1) is 54.4 Å². The standard InChI is InChI=1S/C35H43F3N4O4S/c1-3-47(43,44)28-13-14-31(33(21-28)45-2)39-17-5-6-27-20-29-30(7-4-8-32(29)42(27)22-35(36,37)38)40-25-9-11-26(12-10-25)41-18-15-34(16-19-41)23-46-24-34/h4,7-8,13-14,20-21,25-26,39-40H,3,9-12,15-19,22-24H2,1-2H3/t25-,26+. The molecule has 1 aliphatic carbocycles. The maximum atomic E-state index is 13.7. The van der Waals surface area contributed by atoms with Crippen LogP contribution in [0, 0.1) is 17.3 Å². The normalized spacial score (nSPS) is 21.6. The summed E-state index contributed by atoms with van der Waals surface area (Å²) < 4.78 is 77.8. The Bertz CT molecular complexity index is 1740. The van der Waals surface area contributed by atoms with Gasteiger partial charge in [-0.25, -0.2) is 8.42 Å². The van der Waals surface area contributed by atoms with Gasteiger partial charge in [-0.2, -0.15) is 13.2 Å². The van der Waals surface area contributed by atoms with Crippen LogP contribution in [0.25, 0.3) is 10.9 Å². The molecular weight excluding hydrogens is 629 g/mol. The molecule has 0 atom stereocenters. The van der Waals surface area contributed by atoms with Gasteiger partial charge in [-0.3, -0.25) is 0 Å². The Hall–Kier alpha value is -3.40. The predicted molar refractivity (Wildman–Crippen MR) is 178 cm³/mol. The average Bonchev–Trinajstić information content (AvgIpc) is 3.39. The Balaban J connectivity index is 1.14. The lowest BCUT2D eigenvalue weighted by molar-refractivity contribution is -0.143. The van der Waals surface area contributed by atoms with Crippen LogP contribution in [0.5, 0.6) is 5.75 Å². The van der Waals surface area contributed by atoms with Crippen molar-refractivity contribution < 1.29 is 31.1 Å². The first-order valence-corrected chi connectivity index (χ1v) is 18.1. The molecule has 0 bridgehead atoms. The summed E-state index contributed by atoms with van der Waals surface area (Å²) in [6.07, 6.45) is 2.27. The molecule has 0 radical (unpaired) electrons.